The van der Waals surface area contributed by atoms with Crippen LogP contribution in [0.4, 0.5) is 0 Å². The van der Waals surface area contributed by atoms with Gasteiger partial charge in [-0.15, -0.1) is 0 Å². The van der Waals surface area contributed by atoms with Gasteiger partial charge in [-0.25, -0.2) is 0 Å². The van der Waals surface area contributed by atoms with E-state index in [1.165, 1.54) is 10.6 Å². The number of rotatable bonds is 4. The average Bonchev–Trinajstić information content (AvgIpc) is 1.63. The van der Waals surface area contributed by atoms with Gasteiger partial charge in [0.15, 0.2) is 0 Å². The normalized spacial score (nSPS) is 9.80. The molecular formula is C8H19AlB. The van der Waals surface area contributed by atoms with Crippen LogP contribution in [-0.2, 0) is 0 Å². The van der Waals surface area contributed by atoms with Crippen molar-refractivity contribution in [2.45, 2.75) is 38.3 Å². The van der Waals surface area contributed by atoms with Crippen molar-refractivity contribution < 1.29 is 0 Å². The molecule has 0 bridgehead atoms. The fraction of sp³-hybridized carbons (Fsp3) is 1.00. The van der Waals surface area contributed by atoms with Gasteiger partial charge in [-0.3, -0.25) is 0 Å². The Morgan fingerprint density at radius 3 is 1.40 bits per heavy atom. The Hall–Kier alpha value is 0.597. The van der Waals surface area contributed by atoms with Gasteiger partial charge in [0.05, 0.1) is 0 Å². The predicted octanol–water partition coefficient (Wildman–Crippen LogP) is 2.19. The summed E-state index contributed by atoms with van der Waals surface area (Å²) in [5.74, 6) is 1.91. The predicted molar refractivity (Wildman–Crippen MR) is 52.2 cm³/mol. The second-order valence-electron chi connectivity index (χ2n) is 3.72. The standard InChI is InChI=1S/2C4H9.Al.B.H/c2*1-4(2)3;;;/h2*4H,1H2,2-3H3;;;. The topological polar surface area (TPSA) is 0 Å². The minimum absolute atomic E-state index is 0. The van der Waals surface area contributed by atoms with Crippen LogP contribution in [0.2, 0.25) is 10.6 Å². The molecule has 0 fully saturated rings. The molecule has 0 aliphatic heterocycles. The largest absolute Gasteiger partial charge is 0.237 e. The maximum absolute atomic E-state index is 2.33. The summed E-state index contributed by atoms with van der Waals surface area (Å²) in [6.07, 6.45) is 0. The quantitative estimate of drug-likeness (QED) is 0.543. The van der Waals surface area contributed by atoms with Crippen molar-refractivity contribution in [1.82, 2.24) is 0 Å². The Bertz CT molecular complexity index is 54.3. The van der Waals surface area contributed by atoms with E-state index in [9.17, 15) is 0 Å². The van der Waals surface area contributed by atoms with E-state index in [1.54, 1.807) is 0 Å². The molecule has 0 N–H and O–H groups in total. The van der Waals surface area contributed by atoms with Crippen molar-refractivity contribution in [2.24, 2.45) is 11.8 Å². The van der Waals surface area contributed by atoms with E-state index in [0.717, 1.165) is 11.8 Å². The number of hydrogen-bond donors (Lipinski definition) is 0. The van der Waals surface area contributed by atoms with Gasteiger partial charge >= 0.3 is 0 Å². The summed E-state index contributed by atoms with van der Waals surface area (Å²) in [7, 11) is 0. The van der Waals surface area contributed by atoms with E-state index < -0.39 is 0 Å². The second kappa shape index (κ2) is 7.70. The Morgan fingerprint density at radius 2 is 1.20 bits per heavy atom. The van der Waals surface area contributed by atoms with Crippen molar-refractivity contribution in [3.8, 4) is 0 Å². The molecule has 0 saturated carbocycles. The van der Waals surface area contributed by atoms with Gasteiger partial charge in [-0.05, 0) is 0 Å². The maximum Gasteiger partial charge on any atom is 0.237 e. The molecule has 0 rings (SSSR count). The zero-order valence-corrected chi connectivity index (χ0v) is 9.27. The molecule has 0 amide bonds. The molecule has 0 aliphatic carbocycles. The molecule has 0 spiro atoms. The maximum atomic E-state index is 2.33. The van der Waals surface area contributed by atoms with Crippen molar-refractivity contribution in [3.05, 3.63) is 0 Å². The van der Waals surface area contributed by atoms with Gasteiger partial charge in [0, 0.05) is 8.41 Å². The van der Waals surface area contributed by atoms with Crippen LogP contribution >= 0.6 is 0 Å². The first kappa shape index (κ1) is 13.2. The van der Waals surface area contributed by atoms with Crippen LogP contribution < -0.4 is 0 Å². The summed E-state index contributed by atoms with van der Waals surface area (Å²) >= 11 is 0.316. The lowest BCUT2D eigenvalue weighted by atomic mass is 10.3. The first-order valence-corrected chi connectivity index (χ1v) is 6.13. The fourth-order valence-corrected chi connectivity index (χ4v) is 2.80. The second-order valence-corrected chi connectivity index (χ2v) is 5.58. The molecule has 0 saturated heterocycles. The van der Waals surface area contributed by atoms with Crippen LogP contribution in [0.5, 0.6) is 0 Å². The summed E-state index contributed by atoms with van der Waals surface area (Å²) in [6, 6.07) is 0. The number of hydrogen-bond acceptors (Lipinski definition) is 0. The van der Waals surface area contributed by atoms with Gasteiger partial charge in [0.2, 0.25) is 15.2 Å². The van der Waals surface area contributed by atoms with E-state index in [1.807, 2.05) is 0 Å². The summed E-state index contributed by atoms with van der Waals surface area (Å²) in [5, 5.41) is 3.08. The minimum atomic E-state index is 0. The summed E-state index contributed by atoms with van der Waals surface area (Å²) in [4.78, 5) is 0. The van der Waals surface area contributed by atoms with Crippen LogP contribution in [-0.4, -0.2) is 23.6 Å². The zero-order valence-electron chi connectivity index (χ0n) is 7.85. The first-order chi connectivity index (χ1) is 4.13. The third-order valence-electron chi connectivity index (χ3n) is 1.56. The third-order valence-corrected chi connectivity index (χ3v) is 4.69. The van der Waals surface area contributed by atoms with E-state index in [4.69, 9.17) is 0 Å². The Kier molecular flexibility index (Phi) is 10.2. The third kappa shape index (κ3) is 11.4. The van der Waals surface area contributed by atoms with Crippen molar-refractivity contribution in [3.63, 3.8) is 0 Å². The molecule has 0 nitrogen and oxygen atoms in total. The highest BCUT2D eigenvalue weighted by Gasteiger charge is 1.99. The SMILES string of the molecule is CC(C)[CH2][AlH][CH2]C(C)C.[B]. The van der Waals surface area contributed by atoms with Crippen molar-refractivity contribution in [2.75, 3.05) is 0 Å². The van der Waals surface area contributed by atoms with Gasteiger partial charge in [0.25, 0.3) is 0 Å². The monoisotopic (exact) mass is 153 g/mol. The summed E-state index contributed by atoms with van der Waals surface area (Å²) in [6.45, 7) is 9.31. The highest BCUT2D eigenvalue weighted by molar-refractivity contribution is 6.35. The molecule has 0 unspecified atom stereocenters. The lowest BCUT2D eigenvalue weighted by Gasteiger charge is -2.03. The molecular weight excluding hydrogens is 134 g/mol. The van der Waals surface area contributed by atoms with Gasteiger partial charge in [-0.2, -0.15) is 0 Å². The lowest BCUT2D eigenvalue weighted by Crippen LogP contribution is -1.99. The molecule has 0 heterocycles. The molecule has 2 heteroatoms. The van der Waals surface area contributed by atoms with Crippen molar-refractivity contribution in [1.29, 1.82) is 0 Å². The zero-order chi connectivity index (χ0) is 7.28. The first-order valence-electron chi connectivity index (χ1n) is 4.13. The van der Waals surface area contributed by atoms with E-state index in [0.29, 0.717) is 15.2 Å². The van der Waals surface area contributed by atoms with Crippen LogP contribution in [0.3, 0.4) is 0 Å². The highest BCUT2D eigenvalue weighted by atomic mass is 27.1. The van der Waals surface area contributed by atoms with E-state index >= 15 is 0 Å². The molecule has 0 atom stereocenters. The average molecular weight is 153 g/mol. The summed E-state index contributed by atoms with van der Waals surface area (Å²) < 4.78 is 0. The van der Waals surface area contributed by atoms with Crippen LogP contribution in [0, 0.1) is 11.8 Å². The highest BCUT2D eigenvalue weighted by Crippen LogP contribution is 2.05. The van der Waals surface area contributed by atoms with Crippen LogP contribution in [0.15, 0.2) is 0 Å². The Morgan fingerprint density at radius 1 is 0.900 bits per heavy atom. The lowest BCUT2D eigenvalue weighted by molar-refractivity contribution is 0.700. The molecule has 0 aliphatic rings. The van der Waals surface area contributed by atoms with E-state index in [-0.39, 0.29) is 8.41 Å². The van der Waals surface area contributed by atoms with Gasteiger partial charge in [-0.1, -0.05) is 50.1 Å². The molecule has 0 aromatic heterocycles. The van der Waals surface area contributed by atoms with Crippen LogP contribution in [0.25, 0.3) is 0 Å². The van der Waals surface area contributed by atoms with Crippen LogP contribution in [0.1, 0.15) is 27.7 Å². The summed E-state index contributed by atoms with van der Waals surface area (Å²) in [5.41, 5.74) is 0. The van der Waals surface area contributed by atoms with Crippen molar-refractivity contribution >= 4 is 23.6 Å². The van der Waals surface area contributed by atoms with Gasteiger partial charge in [0.1, 0.15) is 0 Å². The fourth-order valence-electron chi connectivity index (χ4n) is 0.934. The molecule has 0 aromatic carbocycles. The Labute approximate surface area is 74.1 Å². The van der Waals surface area contributed by atoms with Gasteiger partial charge < -0.3 is 0 Å². The van der Waals surface area contributed by atoms with E-state index in [2.05, 4.69) is 27.7 Å². The molecule has 3 radical (unpaired) electrons. The minimum Gasteiger partial charge on any atom is -0.0950 e. The molecule has 0 aromatic rings. The molecule has 57 valence electrons. The smallest absolute Gasteiger partial charge is 0.0950 e. The molecule has 10 heavy (non-hydrogen) atoms. The Balaban J connectivity index is 0.